The van der Waals surface area contributed by atoms with Gasteiger partial charge in [0.1, 0.15) is 0 Å². The van der Waals surface area contributed by atoms with Crippen LogP contribution in [0.1, 0.15) is 11.1 Å². The summed E-state index contributed by atoms with van der Waals surface area (Å²) in [5.74, 6) is -0.543. The van der Waals surface area contributed by atoms with Crippen molar-refractivity contribution in [1.29, 1.82) is 0 Å². The predicted octanol–water partition coefficient (Wildman–Crippen LogP) is 2.44. The van der Waals surface area contributed by atoms with Crippen molar-refractivity contribution in [3.8, 4) is 0 Å². The van der Waals surface area contributed by atoms with Crippen LogP contribution in [0.15, 0.2) is 41.4 Å². The molecule has 0 radical (unpaired) electrons. The Balaban J connectivity index is 2.02. The maximum atomic E-state index is 11.3. The number of aliphatic carboxylic acids is 1. The van der Waals surface area contributed by atoms with Gasteiger partial charge in [0.05, 0.1) is 10.4 Å². The molecule has 1 aromatic rings. The number of carbonyl (C=O) groups is 2. The van der Waals surface area contributed by atoms with E-state index in [4.69, 9.17) is 5.11 Å². The first-order valence-electron chi connectivity index (χ1n) is 8.56. The van der Waals surface area contributed by atoms with Gasteiger partial charge in [0.2, 0.25) is 5.91 Å². The molecule has 0 saturated heterocycles. The van der Waals surface area contributed by atoms with E-state index in [0.29, 0.717) is 12.3 Å². The van der Waals surface area contributed by atoms with Gasteiger partial charge in [-0.25, -0.2) is 10.2 Å². The minimum atomic E-state index is -0.888. The van der Waals surface area contributed by atoms with Crippen LogP contribution in [0.3, 0.4) is 0 Å². The van der Waals surface area contributed by atoms with Crippen LogP contribution in [0.5, 0.6) is 0 Å². The number of benzene rings is 1. The summed E-state index contributed by atoms with van der Waals surface area (Å²) in [4.78, 5) is 28.4. The van der Waals surface area contributed by atoms with Crippen molar-refractivity contribution < 1.29 is 14.7 Å². The highest BCUT2D eigenvalue weighted by atomic mass is 79.9. The van der Waals surface area contributed by atoms with Crippen LogP contribution in [-0.2, 0) is 16.1 Å². The number of thioether (sulfide) groups is 1. The van der Waals surface area contributed by atoms with E-state index in [1.54, 1.807) is 0 Å². The van der Waals surface area contributed by atoms with Gasteiger partial charge in [0.25, 0.3) is 0 Å². The lowest BCUT2D eigenvalue weighted by Crippen LogP contribution is -2.37. The van der Waals surface area contributed by atoms with E-state index in [0.717, 1.165) is 21.9 Å². The molecule has 1 aliphatic heterocycles. The molecule has 7 nitrogen and oxygen atoms in total. The Hall–Kier alpha value is -2.10. The fourth-order valence-electron chi connectivity index (χ4n) is 2.47. The molecule has 0 bridgehead atoms. The summed E-state index contributed by atoms with van der Waals surface area (Å²) in [6.45, 7) is 0.494. The number of carbonyl (C=O) groups excluding carboxylic acids is 1. The molecule has 1 aliphatic rings. The number of alkyl halides is 1. The molecule has 28 heavy (non-hydrogen) atoms. The zero-order valence-corrected chi connectivity index (χ0v) is 18.1. The fraction of sp³-hybridized carbons (Fsp3) is 0.316. The van der Waals surface area contributed by atoms with Crippen LogP contribution in [0.2, 0.25) is 0 Å². The van der Waals surface area contributed by atoms with Gasteiger partial charge in [-0.1, -0.05) is 40.2 Å². The minimum Gasteiger partial charge on any atom is -0.480 e. The third-order valence-corrected chi connectivity index (χ3v) is 5.34. The molecule has 2 rings (SSSR count). The number of carboxylic acids is 1. The predicted molar refractivity (Wildman–Crippen MR) is 119 cm³/mol. The standard InChI is InChI=1S/C19H23BrN4O3S/c1-24(2)16-8-7-13(9-14(16)11-21-23-17(25)10-20)5-3-4-6-18-22-15(12-28-18)19(26)27/h3-9,15,21H,10-12H2,1-2H3,(H,23,25)(H,26,27)/b5-3+,6-4+/t15-/m1/s1. The summed E-state index contributed by atoms with van der Waals surface area (Å²) in [6.07, 6.45) is 7.53. The zero-order chi connectivity index (χ0) is 20.5. The summed E-state index contributed by atoms with van der Waals surface area (Å²) in [6, 6.07) is 5.45. The van der Waals surface area contributed by atoms with Crippen molar-refractivity contribution in [2.75, 3.05) is 30.1 Å². The van der Waals surface area contributed by atoms with Crippen LogP contribution in [-0.4, -0.2) is 53.2 Å². The summed E-state index contributed by atoms with van der Waals surface area (Å²) >= 11 is 4.55. The van der Waals surface area contributed by atoms with Gasteiger partial charge in [-0.05, 0) is 29.3 Å². The molecule has 1 aromatic carbocycles. The highest BCUT2D eigenvalue weighted by molar-refractivity contribution is 9.09. The first kappa shape index (κ1) is 22.2. The average molecular weight is 467 g/mol. The Morgan fingerprint density at radius 2 is 2.11 bits per heavy atom. The maximum absolute atomic E-state index is 11.3. The average Bonchev–Trinajstić information content (AvgIpc) is 3.14. The molecule has 0 unspecified atom stereocenters. The quantitative estimate of drug-likeness (QED) is 0.294. The van der Waals surface area contributed by atoms with E-state index < -0.39 is 12.0 Å². The SMILES string of the molecule is CN(C)c1ccc(/C=C/C=C/C2=N[C@@H](C(=O)O)CS2)cc1CNNC(=O)CBr. The number of hydrogen-bond donors (Lipinski definition) is 3. The second kappa shape index (κ2) is 11.0. The van der Waals surface area contributed by atoms with Crippen LogP contribution in [0, 0.1) is 0 Å². The lowest BCUT2D eigenvalue weighted by Gasteiger charge is -2.18. The number of anilines is 1. The summed E-state index contributed by atoms with van der Waals surface area (Å²) in [7, 11) is 3.94. The number of allylic oxidation sites excluding steroid dienone is 2. The number of halogens is 1. The lowest BCUT2D eigenvalue weighted by atomic mass is 10.1. The van der Waals surface area contributed by atoms with Crippen molar-refractivity contribution in [1.82, 2.24) is 10.9 Å². The number of rotatable bonds is 9. The lowest BCUT2D eigenvalue weighted by molar-refractivity contribution is -0.137. The van der Waals surface area contributed by atoms with Crippen LogP contribution in [0.4, 0.5) is 5.69 Å². The first-order valence-corrected chi connectivity index (χ1v) is 10.7. The molecule has 150 valence electrons. The van der Waals surface area contributed by atoms with Crippen molar-refractivity contribution >= 4 is 56.4 Å². The number of nitrogens with one attached hydrogen (secondary N) is 2. The summed E-state index contributed by atoms with van der Waals surface area (Å²) < 4.78 is 0. The Labute approximate surface area is 177 Å². The topological polar surface area (TPSA) is 94.0 Å². The Morgan fingerprint density at radius 1 is 1.36 bits per heavy atom. The van der Waals surface area contributed by atoms with E-state index in [9.17, 15) is 9.59 Å². The second-order valence-corrected chi connectivity index (χ2v) is 7.77. The molecule has 3 N–H and O–H groups in total. The van der Waals surface area contributed by atoms with Gasteiger partial charge < -0.3 is 10.0 Å². The highest BCUT2D eigenvalue weighted by Crippen LogP contribution is 2.21. The third kappa shape index (κ3) is 6.81. The van der Waals surface area contributed by atoms with E-state index in [-0.39, 0.29) is 11.2 Å². The van der Waals surface area contributed by atoms with Crippen molar-refractivity contribution in [2.24, 2.45) is 4.99 Å². The number of hydrazine groups is 1. The molecule has 0 aliphatic carbocycles. The second-order valence-electron chi connectivity index (χ2n) is 6.17. The molecular formula is C19H23BrN4O3S. The molecule has 0 spiro atoms. The molecule has 1 atom stereocenters. The fourth-order valence-corrected chi connectivity index (χ4v) is 3.54. The summed E-state index contributed by atoms with van der Waals surface area (Å²) in [5.41, 5.74) is 8.68. The van der Waals surface area contributed by atoms with E-state index in [1.165, 1.54) is 11.8 Å². The number of nitrogens with zero attached hydrogens (tertiary/aromatic N) is 2. The van der Waals surface area contributed by atoms with E-state index in [2.05, 4.69) is 37.8 Å². The third-order valence-electron chi connectivity index (χ3n) is 3.81. The van der Waals surface area contributed by atoms with Gasteiger partial charge >= 0.3 is 5.97 Å². The smallest absolute Gasteiger partial charge is 0.329 e. The molecule has 1 heterocycles. The summed E-state index contributed by atoms with van der Waals surface area (Å²) in [5, 5.41) is 9.92. The Kier molecular flexibility index (Phi) is 8.75. The van der Waals surface area contributed by atoms with Gasteiger partial charge in [0.15, 0.2) is 6.04 Å². The van der Waals surface area contributed by atoms with E-state index in [1.807, 2.05) is 55.4 Å². The van der Waals surface area contributed by atoms with Crippen molar-refractivity contribution in [3.63, 3.8) is 0 Å². The molecule has 0 fully saturated rings. The maximum Gasteiger partial charge on any atom is 0.329 e. The normalized spacial score (nSPS) is 16.5. The Bertz CT molecular complexity index is 808. The monoisotopic (exact) mass is 466 g/mol. The number of aliphatic imine (C=N–C) groups is 1. The number of hydrogen-bond acceptors (Lipinski definition) is 6. The number of amides is 1. The zero-order valence-electron chi connectivity index (χ0n) is 15.7. The van der Waals surface area contributed by atoms with Gasteiger partial charge in [-0.15, -0.1) is 11.8 Å². The van der Waals surface area contributed by atoms with Crippen molar-refractivity contribution in [2.45, 2.75) is 12.6 Å². The Morgan fingerprint density at radius 3 is 2.75 bits per heavy atom. The van der Waals surface area contributed by atoms with Crippen LogP contribution < -0.4 is 15.8 Å². The minimum absolute atomic E-state index is 0.134. The van der Waals surface area contributed by atoms with Gasteiger partial charge in [0, 0.05) is 32.1 Å². The highest BCUT2D eigenvalue weighted by Gasteiger charge is 2.22. The van der Waals surface area contributed by atoms with E-state index >= 15 is 0 Å². The molecule has 1 amide bonds. The largest absolute Gasteiger partial charge is 0.480 e. The van der Waals surface area contributed by atoms with Gasteiger partial charge in [-0.2, -0.15) is 0 Å². The molecule has 9 heteroatoms. The van der Waals surface area contributed by atoms with Crippen LogP contribution >= 0.6 is 27.7 Å². The first-order chi connectivity index (χ1) is 13.4. The van der Waals surface area contributed by atoms with Crippen LogP contribution in [0.25, 0.3) is 6.08 Å². The van der Waals surface area contributed by atoms with Gasteiger partial charge in [-0.3, -0.25) is 15.2 Å². The molecule has 0 saturated carbocycles. The molecular weight excluding hydrogens is 444 g/mol. The molecule has 0 aromatic heterocycles. The van der Waals surface area contributed by atoms with Crippen molar-refractivity contribution in [3.05, 3.63) is 47.6 Å². The number of carboxylic acid groups (broad SMARTS) is 1.